The third-order valence-electron chi connectivity index (χ3n) is 4.60. The molecule has 1 aromatic rings. The first kappa shape index (κ1) is 15.5. The van der Waals surface area contributed by atoms with Gasteiger partial charge in [0.2, 0.25) is 0 Å². The summed E-state index contributed by atoms with van der Waals surface area (Å²) in [5.74, 6) is 0.728. The summed E-state index contributed by atoms with van der Waals surface area (Å²) in [7, 11) is 0. The van der Waals surface area contributed by atoms with Crippen molar-refractivity contribution in [2.75, 3.05) is 19.6 Å². The van der Waals surface area contributed by atoms with Crippen molar-refractivity contribution in [3.63, 3.8) is 0 Å². The van der Waals surface area contributed by atoms with Crippen molar-refractivity contribution >= 4 is 0 Å². The Labute approximate surface area is 124 Å². The van der Waals surface area contributed by atoms with Gasteiger partial charge in [0.25, 0.3) is 0 Å². The van der Waals surface area contributed by atoms with Gasteiger partial charge in [0.1, 0.15) is 0 Å². The largest absolute Gasteiger partial charge is 0.313 e. The Hall–Kier alpha value is -0.860. The number of hydrogen-bond acceptors (Lipinski definition) is 2. The molecule has 1 heterocycles. The van der Waals surface area contributed by atoms with Gasteiger partial charge in [0.05, 0.1) is 0 Å². The zero-order valence-electron chi connectivity index (χ0n) is 13.3. The Morgan fingerprint density at radius 3 is 2.70 bits per heavy atom. The molecule has 0 radical (unpaired) electrons. The number of benzene rings is 1. The minimum Gasteiger partial charge on any atom is -0.313 e. The summed E-state index contributed by atoms with van der Waals surface area (Å²) >= 11 is 0. The summed E-state index contributed by atoms with van der Waals surface area (Å²) in [6.45, 7) is 10.5. The Morgan fingerprint density at radius 2 is 2.00 bits per heavy atom. The van der Waals surface area contributed by atoms with E-state index in [9.17, 15) is 0 Å². The summed E-state index contributed by atoms with van der Waals surface area (Å²) < 4.78 is 0. The SMILES string of the molecule is CCCC(C)NCC(C)N1CCC(c2ccccc2)C1. The van der Waals surface area contributed by atoms with Crippen LogP contribution in [0.25, 0.3) is 0 Å². The van der Waals surface area contributed by atoms with Crippen LogP contribution in [0.3, 0.4) is 0 Å². The first-order chi connectivity index (χ1) is 9.70. The number of likely N-dealkylation sites (tertiary alicyclic amines) is 1. The molecular weight excluding hydrogens is 244 g/mol. The lowest BCUT2D eigenvalue weighted by Crippen LogP contribution is -2.41. The summed E-state index contributed by atoms with van der Waals surface area (Å²) in [5, 5.41) is 3.67. The Bertz CT molecular complexity index is 376. The summed E-state index contributed by atoms with van der Waals surface area (Å²) in [4.78, 5) is 2.64. The van der Waals surface area contributed by atoms with Gasteiger partial charge in [-0.25, -0.2) is 0 Å². The first-order valence-corrected chi connectivity index (χ1v) is 8.23. The van der Waals surface area contributed by atoms with Crippen molar-refractivity contribution in [3.05, 3.63) is 35.9 Å². The van der Waals surface area contributed by atoms with Gasteiger partial charge in [0, 0.05) is 25.2 Å². The Kier molecular flexibility index (Phi) is 6.06. The average Bonchev–Trinajstić information content (AvgIpc) is 2.96. The van der Waals surface area contributed by atoms with E-state index in [-0.39, 0.29) is 0 Å². The molecule has 2 rings (SSSR count). The highest BCUT2D eigenvalue weighted by Gasteiger charge is 2.26. The molecule has 0 amide bonds. The van der Waals surface area contributed by atoms with Crippen LogP contribution in [0.2, 0.25) is 0 Å². The molecule has 3 atom stereocenters. The maximum atomic E-state index is 3.67. The Balaban J connectivity index is 1.77. The summed E-state index contributed by atoms with van der Waals surface area (Å²) in [6, 6.07) is 12.3. The monoisotopic (exact) mass is 274 g/mol. The van der Waals surface area contributed by atoms with Crippen LogP contribution >= 0.6 is 0 Å². The molecule has 0 aromatic heterocycles. The highest BCUT2D eigenvalue weighted by atomic mass is 15.2. The second-order valence-electron chi connectivity index (χ2n) is 6.34. The van der Waals surface area contributed by atoms with E-state index in [1.807, 2.05) is 0 Å². The molecule has 0 saturated carbocycles. The molecule has 1 fully saturated rings. The molecule has 3 unspecified atom stereocenters. The van der Waals surface area contributed by atoms with Gasteiger partial charge in [-0.2, -0.15) is 0 Å². The normalized spacial score (nSPS) is 22.9. The fourth-order valence-electron chi connectivity index (χ4n) is 3.22. The van der Waals surface area contributed by atoms with Crippen molar-refractivity contribution in [2.45, 2.75) is 58.0 Å². The van der Waals surface area contributed by atoms with Crippen molar-refractivity contribution in [2.24, 2.45) is 0 Å². The van der Waals surface area contributed by atoms with E-state index in [0.717, 1.165) is 12.5 Å². The highest BCUT2D eigenvalue weighted by molar-refractivity contribution is 5.21. The van der Waals surface area contributed by atoms with Crippen LogP contribution in [0, 0.1) is 0 Å². The smallest absolute Gasteiger partial charge is 0.0192 e. The highest BCUT2D eigenvalue weighted by Crippen LogP contribution is 2.27. The standard InChI is InChI=1S/C18H30N2/c1-4-8-15(2)19-13-16(3)20-12-11-18(14-20)17-9-6-5-7-10-17/h5-7,9-10,15-16,18-19H,4,8,11-14H2,1-3H3. The second kappa shape index (κ2) is 7.80. The lowest BCUT2D eigenvalue weighted by molar-refractivity contribution is 0.243. The molecule has 112 valence electrons. The van der Waals surface area contributed by atoms with Gasteiger partial charge in [-0.3, -0.25) is 4.90 Å². The van der Waals surface area contributed by atoms with Crippen LogP contribution < -0.4 is 5.32 Å². The lowest BCUT2D eigenvalue weighted by atomic mass is 9.99. The van der Waals surface area contributed by atoms with Gasteiger partial charge >= 0.3 is 0 Å². The molecular formula is C18H30N2. The van der Waals surface area contributed by atoms with Crippen LogP contribution in [-0.4, -0.2) is 36.6 Å². The topological polar surface area (TPSA) is 15.3 Å². The molecule has 20 heavy (non-hydrogen) atoms. The van der Waals surface area contributed by atoms with Crippen LogP contribution in [0.15, 0.2) is 30.3 Å². The lowest BCUT2D eigenvalue weighted by Gasteiger charge is -2.26. The fraction of sp³-hybridized carbons (Fsp3) is 0.667. The van der Waals surface area contributed by atoms with E-state index in [4.69, 9.17) is 0 Å². The van der Waals surface area contributed by atoms with Crippen molar-refractivity contribution in [3.8, 4) is 0 Å². The molecule has 1 aromatic carbocycles. The first-order valence-electron chi connectivity index (χ1n) is 8.23. The van der Waals surface area contributed by atoms with E-state index < -0.39 is 0 Å². The molecule has 1 aliphatic rings. The molecule has 2 heteroatoms. The van der Waals surface area contributed by atoms with Gasteiger partial charge in [-0.1, -0.05) is 43.7 Å². The quantitative estimate of drug-likeness (QED) is 0.816. The van der Waals surface area contributed by atoms with E-state index >= 15 is 0 Å². The minimum absolute atomic E-state index is 0.642. The molecule has 1 N–H and O–H groups in total. The van der Waals surface area contributed by atoms with E-state index in [1.165, 1.54) is 37.9 Å². The predicted molar refractivity (Wildman–Crippen MR) is 87.2 cm³/mol. The number of hydrogen-bond donors (Lipinski definition) is 1. The predicted octanol–water partition coefficient (Wildman–Crippen LogP) is 3.64. The number of rotatable bonds is 7. The Morgan fingerprint density at radius 1 is 1.25 bits per heavy atom. The molecule has 1 aliphatic heterocycles. The second-order valence-corrected chi connectivity index (χ2v) is 6.34. The number of nitrogens with one attached hydrogen (secondary N) is 1. The van der Waals surface area contributed by atoms with Crippen molar-refractivity contribution in [1.82, 2.24) is 10.2 Å². The molecule has 1 saturated heterocycles. The summed E-state index contributed by atoms with van der Waals surface area (Å²) in [6.07, 6.45) is 3.85. The van der Waals surface area contributed by atoms with Gasteiger partial charge in [-0.05, 0) is 44.7 Å². The molecule has 0 aliphatic carbocycles. The maximum absolute atomic E-state index is 3.67. The molecule has 0 spiro atoms. The molecule has 0 bridgehead atoms. The van der Waals surface area contributed by atoms with Crippen LogP contribution in [0.5, 0.6) is 0 Å². The third kappa shape index (κ3) is 4.32. The third-order valence-corrected chi connectivity index (χ3v) is 4.60. The number of nitrogens with zero attached hydrogens (tertiary/aromatic N) is 1. The van der Waals surface area contributed by atoms with Crippen LogP contribution in [0.4, 0.5) is 0 Å². The van der Waals surface area contributed by atoms with Gasteiger partial charge < -0.3 is 5.32 Å². The van der Waals surface area contributed by atoms with Crippen LogP contribution in [-0.2, 0) is 0 Å². The fourth-order valence-corrected chi connectivity index (χ4v) is 3.22. The van der Waals surface area contributed by atoms with E-state index in [0.29, 0.717) is 12.1 Å². The summed E-state index contributed by atoms with van der Waals surface area (Å²) in [5.41, 5.74) is 1.51. The van der Waals surface area contributed by atoms with Crippen molar-refractivity contribution in [1.29, 1.82) is 0 Å². The molecule has 2 nitrogen and oxygen atoms in total. The average molecular weight is 274 g/mol. The van der Waals surface area contributed by atoms with Gasteiger partial charge in [0.15, 0.2) is 0 Å². The van der Waals surface area contributed by atoms with Crippen molar-refractivity contribution < 1.29 is 0 Å². The van der Waals surface area contributed by atoms with Gasteiger partial charge in [-0.15, -0.1) is 0 Å². The minimum atomic E-state index is 0.642. The van der Waals surface area contributed by atoms with Crippen LogP contribution in [0.1, 0.15) is 51.5 Å². The zero-order valence-corrected chi connectivity index (χ0v) is 13.3. The maximum Gasteiger partial charge on any atom is 0.0192 e. The van der Waals surface area contributed by atoms with E-state index in [2.05, 4.69) is 61.3 Å². The zero-order chi connectivity index (χ0) is 14.4. The van der Waals surface area contributed by atoms with E-state index in [1.54, 1.807) is 0 Å².